The predicted molar refractivity (Wildman–Crippen MR) is 56.7 cm³/mol. The average Bonchev–Trinajstić information content (AvgIpc) is 1.83. The third-order valence-corrected chi connectivity index (χ3v) is 2.76. The molecule has 0 saturated carbocycles. The van der Waals surface area contributed by atoms with E-state index in [2.05, 4.69) is 20.5 Å². The van der Waals surface area contributed by atoms with Gasteiger partial charge >= 0.3 is 0 Å². The van der Waals surface area contributed by atoms with Gasteiger partial charge in [0.1, 0.15) is 0 Å². The number of hydrogen-bond acceptors (Lipinski definition) is 0. The molecule has 2 atom stereocenters. The lowest BCUT2D eigenvalue weighted by atomic mass is 10.2. The van der Waals surface area contributed by atoms with Crippen LogP contribution in [0.25, 0.3) is 0 Å². The van der Waals surface area contributed by atoms with Crippen LogP contribution in [0.3, 0.4) is 0 Å². The minimum atomic E-state index is 0. The fourth-order valence-corrected chi connectivity index (χ4v) is 1.15. The Hall–Kier alpha value is 0.430. The zero-order valence-corrected chi connectivity index (χ0v) is 7.20. The summed E-state index contributed by atoms with van der Waals surface area (Å²) in [6, 6.07) is 0. The van der Waals surface area contributed by atoms with E-state index in [1.807, 2.05) is 0 Å². The van der Waals surface area contributed by atoms with E-state index in [1.54, 1.807) is 0 Å². The van der Waals surface area contributed by atoms with Gasteiger partial charge < -0.3 is 0 Å². The SMILES string of the molecule is C.C.CCCCC(C)PC. The maximum atomic E-state index is 2.34. The van der Waals surface area contributed by atoms with Crippen molar-refractivity contribution in [2.45, 2.75) is 53.6 Å². The van der Waals surface area contributed by atoms with Gasteiger partial charge in [-0.1, -0.05) is 41.5 Å². The number of rotatable bonds is 4. The largest absolute Gasteiger partial charge is 0.122 e. The van der Waals surface area contributed by atoms with Crippen LogP contribution < -0.4 is 0 Å². The van der Waals surface area contributed by atoms with Gasteiger partial charge in [-0.15, -0.1) is 8.58 Å². The van der Waals surface area contributed by atoms with E-state index in [9.17, 15) is 0 Å². The maximum absolute atomic E-state index is 2.34. The van der Waals surface area contributed by atoms with E-state index in [4.69, 9.17) is 0 Å². The summed E-state index contributed by atoms with van der Waals surface area (Å²) < 4.78 is 0. The molecule has 0 aromatic carbocycles. The molecule has 10 heavy (non-hydrogen) atoms. The summed E-state index contributed by atoms with van der Waals surface area (Å²) in [7, 11) is 1.14. The third kappa shape index (κ3) is 11.3. The topological polar surface area (TPSA) is 0 Å². The lowest BCUT2D eigenvalue weighted by Gasteiger charge is -2.04. The molecule has 0 aliphatic heterocycles. The van der Waals surface area contributed by atoms with Crippen molar-refractivity contribution >= 4 is 8.58 Å². The molecule has 0 aliphatic carbocycles. The lowest BCUT2D eigenvalue weighted by molar-refractivity contribution is 0.711. The Morgan fingerprint density at radius 3 is 2.10 bits per heavy atom. The van der Waals surface area contributed by atoms with Crippen molar-refractivity contribution in [1.82, 2.24) is 0 Å². The Morgan fingerprint density at radius 1 is 1.30 bits per heavy atom. The molecule has 0 heterocycles. The molecule has 0 spiro atoms. The van der Waals surface area contributed by atoms with E-state index in [0.29, 0.717) is 0 Å². The molecule has 0 aliphatic rings. The minimum absolute atomic E-state index is 0. The molecular weight excluding hydrogens is 139 g/mol. The van der Waals surface area contributed by atoms with Gasteiger partial charge in [-0.05, 0) is 18.7 Å². The molecule has 0 aromatic rings. The number of unbranched alkanes of at least 4 members (excludes halogenated alkanes) is 1. The smallest absolute Gasteiger partial charge is 0.0268 e. The minimum Gasteiger partial charge on any atom is -0.122 e. The van der Waals surface area contributed by atoms with Gasteiger partial charge in [-0.2, -0.15) is 0 Å². The van der Waals surface area contributed by atoms with Crippen molar-refractivity contribution in [2.75, 3.05) is 6.66 Å². The Balaban J connectivity index is -0.000000245. The molecule has 0 radical (unpaired) electrons. The first-order valence-corrected chi connectivity index (χ1v) is 5.06. The molecule has 2 unspecified atom stereocenters. The van der Waals surface area contributed by atoms with Crippen LogP contribution >= 0.6 is 8.58 Å². The van der Waals surface area contributed by atoms with Crippen molar-refractivity contribution in [1.29, 1.82) is 0 Å². The van der Waals surface area contributed by atoms with E-state index >= 15 is 0 Å². The third-order valence-electron chi connectivity index (χ3n) is 1.48. The Morgan fingerprint density at radius 2 is 1.80 bits per heavy atom. The molecule has 0 N–H and O–H groups in total. The quantitative estimate of drug-likeness (QED) is 0.548. The molecular formula is C9H25P. The zero-order chi connectivity index (χ0) is 6.41. The van der Waals surface area contributed by atoms with Gasteiger partial charge in [0.25, 0.3) is 0 Å². The van der Waals surface area contributed by atoms with Gasteiger partial charge in [0.2, 0.25) is 0 Å². The summed E-state index contributed by atoms with van der Waals surface area (Å²) in [5.74, 6) is 0. The van der Waals surface area contributed by atoms with Crippen LogP contribution in [0.1, 0.15) is 48.0 Å². The second-order valence-electron chi connectivity index (χ2n) is 2.33. The first kappa shape index (κ1) is 16.8. The fourth-order valence-electron chi connectivity index (χ4n) is 0.655. The second-order valence-corrected chi connectivity index (χ2v) is 3.89. The Bertz CT molecular complexity index is 44.0. The fraction of sp³-hybridized carbons (Fsp3) is 1.00. The molecule has 0 aromatic heterocycles. The Kier molecular flexibility index (Phi) is 20.4. The van der Waals surface area contributed by atoms with Crippen LogP contribution in [0.4, 0.5) is 0 Å². The van der Waals surface area contributed by atoms with Crippen molar-refractivity contribution in [2.24, 2.45) is 0 Å². The summed E-state index contributed by atoms with van der Waals surface area (Å²) >= 11 is 0. The summed E-state index contributed by atoms with van der Waals surface area (Å²) in [5.41, 5.74) is 0.981. The van der Waals surface area contributed by atoms with Gasteiger partial charge in [-0.3, -0.25) is 0 Å². The molecule has 0 rings (SSSR count). The summed E-state index contributed by atoms with van der Waals surface area (Å²) in [6.45, 7) is 6.89. The monoisotopic (exact) mass is 164 g/mol. The second kappa shape index (κ2) is 12.1. The molecule has 0 nitrogen and oxygen atoms in total. The molecule has 0 saturated heterocycles. The van der Waals surface area contributed by atoms with Crippen LogP contribution in [0, 0.1) is 0 Å². The van der Waals surface area contributed by atoms with E-state index in [-0.39, 0.29) is 14.9 Å². The first-order chi connectivity index (χ1) is 3.81. The van der Waals surface area contributed by atoms with E-state index in [1.165, 1.54) is 19.3 Å². The van der Waals surface area contributed by atoms with Crippen LogP contribution in [0.2, 0.25) is 0 Å². The van der Waals surface area contributed by atoms with Crippen LogP contribution in [0.5, 0.6) is 0 Å². The number of hydrogen-bond donors (Lipinski definition) is 0. The predicted octanol–water partition coefficient (Wildman–Crippen LogP) is 4.15. The summed E-state index contributed by atoms with van der Waals surface area (Å²) in [6.07, 6.45) is 4.21. The van der Waals surface area contributed by atoms with Crippen LogP contribution in [-0.2, 0) is 0 Å². The van der Waals surface area contributed by atoms with Gasteiger partial charge in [-0.25, -0.2) is 0 Å². The van der Waals surface area contributed by atoms with Gasteiger partial charge in [0.05, 0.1) is 0 Å². The highest BCUT2D eigenvalue weighted by molar-refractivity contribution is 7.37. The van der Waals surface area contributed by atoms with Crippen molar-refractivity contribution in [3.63, 3.8) is 0 Å². The summed E-state index contributed by atoms with van der Waals surface area (Å²) in [5, 5.41) is 0. The highest BCUT2D eigenvalue weighted by atomic mass is 31.1. The van der Waals surface area contributed by atoms with E-state index in [0.717, 1.165) is 14.2 Å². The normalized spacial score (nSPS) is 12.3. The van der Waals surface area contributed by atoms with Gasteiger partial charge in [0, 0.05) is 0 Å². The maximum Gasteiger partial charge on any atom is -0.0268 e. The molecule has 1 heteroatoms. The van der Waals surface area contributed by atoms with E-state index < -0.39 is 0 Å². The molecule has 0 amide bonds. The summed E-state index contributed by atoms with van der Waals surface area (Å²) in [4.78, 5) is 0. The molecule has 0 bridgehead atoms. The zero-order valence-electron chi connectivity index (χ0n) is 6.20. The van der Waals surface area contributed by atoms with Gasteiger partial charge in [0.15, 0.2) is 0 Å². The van der Waals surface area contributed by atoms with Crippen LogP contribution in [-0.4, -0.2) is 12.3 Å². The standard InChI is InChI=1S/C7H17P.2CH4/c1-4-5-6-7(2)8-3;;/h7-8H,4-6H2,1-3H3;2*1H4. The first-order valence-electron chi connectivity index (χ1n) is 3.48. The lowest BCUT2D eigenvalue weighted by Crippen LogP contribution is -1.90. The highest BCUT2D eigenvalue weighted by Crippen LogP contribution is 2.18. The van der Waals surface area contributed by atoms with Crippen molar-refractivity contribution < 1.29 is 0 Å². The highest BCUT2D eigenvalue weighted by Gasteiger charge is 1.94. The average molecular weight is 164 g/mol. The Labute approximate surface area is 69.6 Å². The molecule has 0 fully saturated rings. The molecule has 66 valence electrons. The van der Waals surface area contributed by atoms with Crippen molar-refractivity contribution in [3.05, 3.63) is 0 Å². The van der Waals surface area contributed by atoms with Crippen molar-refractivity contribution in [3.8, 4) is 0 Å². The van der Waals surface area contributed by atoms with Crippen LogP contribution in [0.15, 0.2) is 0 Å².